The number of nitrogens with zero attached hydrogens (tertiary/aromatic N) is 2. The van der Waals surface area contributed by atoms with E-state index in [2.05, 4.69) is 26.7 Å². The fourth-order valence-corrected chi connectivity index (χ4v) is 3.41. The molecule has 0 atom stereocenters. The molecular weight excluding hydrogens is 262 g/mol. The third kappa shape index (κ3) is 2.52. The first kappa shape index (κ1) is 11.6. The molecule has 2 aromatic heterocycles. The van der Waals surface area contributed by atoms with Crippen LogP contribution in [0.25, 0.3) is 10.2 Å². The highest BCUT2D eigenvalue weighted by atomic mass is 32.1. The normalized spacial score (nSPS) is 10.9. The Morgan fingerprint density at radius 2 is 2.11 bits per heavy atom. The second kappa shape index (κ2) is 5.04. The molecule has 92 valence electrons. The number of aromatic nitrogens is 2. The van der Waals surface area contributed by atoms with Crippen LogP contribution in [0.5, 0.6) is 0 Å². The molecule has 5 heteroatoms. The molecule has 0 radical (unpaired) electrons. The van der Waals surface area contributed by atoms with Gasteiger partial charge in [-0.25, -0.2) is 9.97 Å². The molecule has 3 nitrogen and oxygen atoms in total. The van der Waals surface area contributed by atoms with E-state index in [0.29, 0.717) is 0 Å². The van der Waals surface area contributed by atoms with Crippen LogP contribution in [-0.4, -0.2) is 16.5 Å². The SMILES string of the molecule is Cc1csc(CCNc2nc3ccccc3s2)n1. The van der Waals surface area contributed by atoms with Crippen molar-refractivity contribution in [1.82, 2.24) is 9.97 Å². The van der Waals surface area contributed by atoms with E-state index < -0.39 is 0 Å². The summed E-state index contributed by atoms with van der Waals surface area (Å²) in [7, 11) is 0. The van der Waals surface area contributed by atoms with Crippen LogP contribution >= 0.6 is 22.7 Å². The van der Waals surface area contributed by atoms with Gasteiger partial charge in [-0.1, -0.05) is 23.5 Å². The fourth-order valence-electron chi connectivity index (χ4n) is 1.74. The van der Waals surface area contributed by atoms with Crippen molar-refractivity contribution in [2.24, 2.45) is 0 Å². The largest absolute Gasteiger partial charge is 0.361 e. The van der Waals surface area contributed by atoms with Gasteiger partial charge >= 0.3 is 0 Å². The quantitative estimate of drug-likeness (QED) is 0.788. The molecule has 18 heavy (non-hydrogen) atoms. The van der Waals surface area contributed by atoms with Crippen molar-refractivity contribution in [3.63, 3.8) is 0 Å². The van der Waals surface area contributed by atoms with Crippen LogP contribution in [0.2, 0.25) is 0 Å². The van der Waals surface area contributed by atoms with Crippen molar-refractivity contribution in [1.29, 1.82) is 0 Å². The van der Waals surface area contributed by atoms with E-state index in [1.807, 2.05) is 25.1 Å². The Labute approximate surface area is 114 Å². The number of aryl methyl sites for hydroxylation is 1. The molecule has 0 amide bonds. The van der Waals surface area contributed by atoms with Crippen LogP contribution in [0.15, 0.2) is 29.6 Å². The highest BCUT2D eigenvalue weighted by molar-refractivity contribution is 7.22. The molecule has 2 heterocycles. The van der Waals surface area contributed by atoms with Gasteiger partial charge in [0, 0.05) is 24.0 Å². The predicted molar refractivity (Wildman–Crippen MR) is 78.7 cm³/mol. The second-order valence-corrected chi connectivity index (χ2v) is 6.02. The molecule has 3 aromatic rings. The van der Waals surface area contributed by atoms with Crippen molar-refractivity contribution in [2.45, 2.75) is 13.3 Å². The first-order valence-electron chi connectivity index (χ1n) is 5.82. The second-order valence-electron chi connectivity index (χ2n) is 4.05. The Balaban J connectivity index is 1.62. The van der Waals surface area contributed by atoms with Crippen LogP contribution in [0, 0.1) is 6.92 Å². The summed E-state index contributed by atoms with van der Waals surface area (Å²) < 4.78 is 1.23. The number of thiazole rings is 2. The maximum Gasteiger partial charge on any atom is 0.183 e. The third-order valence-electron chi connectivity index (χ3n) is 2.58. The zero-order valence-corrected chi connectivity index (χ0v) is 11.6. The smallest absolute Gasteiger partial charge is 0.183 e. The molecule has 0 bridgehead atoms. The molecule has 0 saturated heterocycles. The lowest BCUT2D eigenvalue weighted by molar-refractivity contribution is 0.985. The van der Waals surface area contributed by atoms with Gasteiger partial charge in [-0.3, -0.25) is 0 Å². The molecule has 0 saturated carbocycles. The van der Waals surface area contributed by atoms with Gasteiger partial charge in [0.05, 0.1) is 15.2 Å². The molecule has 0 fully saturated rings. The van der Waals surface area contributed by atoms with Gasteiger partial charge < -0.3 is 5.32 Å². The molecular formula is C13H13N3S2. The molecule has 3 rings (SSSR count). The Morgan fingerprint density at radius 3 is 2.89 bits per heavy atom. The highest BCUT2D eigenvalue weighted by Gasteiger charge is 2.03. The Kier molecular flexibility index (Phi) is 3.25. The standard InChI is InChI=1S/C13H13N3S2/c1-9-8-17-12(15-9)6-7-14-13-16-10-4-2-3-5-11(10)18-13/h2-5,8H,6-7H2,1H3,(H,14,16). The summed E-state index contributed by atoms with van der Waals surface area (Å²) >= 11 is 3.42. The third-order valence-corrected chi connectivity index (χ3v) is 4.60. The maximum absolute atomic E-state index is 4.54. The highest BCUT2D eigenvalue weighted by Crippen LogP contribution is 2.25. The van der Waals surface area contributed by atoms with Crippen molar-refractivity contribution in [3.8, 4) is 0 Å². The zero-order valence-electron chi connectivity index (χ0n) is 10.0. The van der Waals surface area contributed by atoms with E-state index in [4.69, 9.17) is 0 Å². The van der Waals surface area contributed by atoms with Crippen molar-refractivity contribution in [3.05, 3.63) is 40.3 Å². The lowest BCUT2D eigenvalue weighted by atomic mass is 10.3. The van der Waals surface area contributed by atoms with Gasteiger partial charge in [-0.05, 0) is 19.1 Å². The Bertz CT molecular complexity index is 624. The Morgan fingerprint density at radius 1 is 1.22 bits per heavy atom. The van der Waals surface area contributed by atoms with E-state index in [1.165, 1.54) is 9.71 Å². The average Bonchev–Trinajstić information content (AvgIpc) is 2.95. The minimum absolute atomic E-state index is 0.882. The lowest BCUT2D eigenvalue weighted by Gasteiger charge is -1.99. The topological polar surface area (TPSA) is 37.8 Å². The minimum Gasteiger partial charge on any atom is -0.361 e. The minimum atomic E-state index is 0.882. The van der Waals surface area contributed by atoms with E-state index in [9.17, 15) is 0 Å². The number of para-hydroxylation sites is 1. The Hall–Kier alpha value is -1.46. The van der Waals surface area contributed by atoms with E-state index in [0.717, 1.165) is 29.3 Å². The first-order chi connectivity index (χ1) is 8.81. The van der Waals surface area contributed by atoms with Crippen molar-refractivity contribution < 1.29 is 0 Å². The summed E-state index contributed by atoms with van der Waals surface area (Å²) in [5, 5.41) is 7.63. The zero-order chi connectivity index (χ0) is 12.4. The van der Waals surface area contributed by atoms with Crippen molar-refractivity contribution in [2.75, 3.05) is 11.9 Å². The summed E-state index contributed by atoms with van der Waals surface area (Å²) in [6, 6.07) is 8.20. The number of benzene rings is 1. The molecule has 0 unspecified atom stereocenters. The summed E-state index contributed by atoms with van der Waals surface area (Å²) in [4.78, 5) is 8.99. The molecule has 1 N–H and O–H groups in total. The van der Waals surface area contributed by atoms with Gasteiger partial charge in [0.1, 0.15) is 0 Å². The molecule has 0 aliphatic rings. The van der Waals surface area contributed by atoms with E-state index in [1.54, 1.807) is 22.7 Å². The number of rotatable bonds is 4. The summed E-state index contributed by atoms with van der Waals surface area (Å²) in [5.74, 6) is 0. The number of hydrogen-bond donors (Lipinski definition) is 1. The molecule has 1 aromatic carbocycles. The number of nitrogens with one attached hydrogen (secondary N) is 1. The van der Waals surface area contributed by atoms with Gasteiger partial charge in [-0.15, -0.1) is 11.3 Å². The van der Waals surface area contributed by atoms with Gasteiger partial charge in [0.15, 0.2) is 5.13 Å². The van der Waals surface area contributed by atoms with E-state index in [-0.39, 0.29) is 0 Å². The van der Waals surface area contributed by atoms with Gasteiger partial charge in [-0.2, -0.15) is 0 Å². The first-order valence-corrected chi connectivity index (χ1v) is 7.51. The average molecular weight is 275 g/mol. The van der Waals surface area contributed by atoms with Crippen LogP contribution in [0.4, 0.5) is 5.13 Å². The number of hydrogen-bond acceptors (Lipinski definition) is 5. The van der Waals surface area contributed by atoms with Crippen molar-refractivity contribution >= 4 is 38.0 Å². The van der Waals surface area contributed by atoms with Crippen LogP contribution in [0.1, 0.15) is 10.7 Å². The lowest BCUT2D eigenvalue weighted by Crippen LogP contribution is -2.04. The van der Waals surface area contributed by atoms with Crippen LogP contribution < -0.4 is 5.32 Å². The fraction of sp³-hybridized carbons (Fsp3) is 0.231. The predicted octanol–water partition coefficient (Wildman–Crippen LogP) is 3.72. The maximum atomic E-state index is 4.54. The summed E-state index contributed by atoms with van der Waals surface area (Å²) in [6.07, 6.45) is 0.953. The molecule has 0 aliphatic carbocycles. The number of anilines is 1. The van der Waals surface area contributed by atoms with Crippen LogP contribution in [-0.2, 0) is 6.42 Å². The number of fused-ring (bicyclic) bond motifs is 1. The van der Waals surface area contributed by atoms with Gasteiger partial charge in [0.25, 0.3) is 0 Å². The molecule has 0 spiro atoms. The van der Waals surface area contributed by atoms with Crippen LogP contribution in [0.3, 0.4) is 0 Å². The van der Waals surface area contributed by atoms with Gasteiger partial charge in [0.2, 0.25) is 0 Å². The summed E-state index contributed by atoms with van der Waals surface area (Å²) in [5.41, 5.74) is 2.17. The summed E-state index contributed by atoms with van der Waals surface area (Å²) in [6.45, 7) is 2.91. The molecule has 0 aliphatic heterocycles. The monoisotopic (exact) mass is 275 g/mol. The van der Waals surface area contributed by atoms with E-state index >= 15 is 0 Å².